The van der Waals surface area contributed by atoms with Crippen LogP contribution in [0, 0.1) is 0 Å². The second-order valence-electron chi connectivity index (χ2n) is 5.82. The van der Waals surface area contributed by atoms with Gasteiger partial charge in [-0.05, 0) is 36.2 Å². The number of hydrogen-bond acceptors (Lipinski definition) is 3. The van der Waals surface area contributed by atoms with Gasteiger partial charge in [-0.2, -0.15) is 13.2 Å². The molecule has 1 aliphatic heterocycles. The Labute approximate surface area is 149 Å². The Bertz CT molecular complexity index is 910. The maximum atomic E-state index is 12.9. The van der Waals surface area contributed by atoms with Crippen LogP contribution in [0.5, 0.6) is 0 Å². The lowest BCUT2D eigenvalue weighted by atomic mass is 10.0. The maximum absolute atomic E-state index is 12.9. The molecule has 0 bridgehead atoms. The number of thiol groups is 1. The van der Waals surface area contributed by atoms with Crippen molar-refractivity contribution in [1.82, 2.24) is 0 Å². The Morgan fingerprint density at radius 1 is 1.20 bits per heavy atom. The van der Waals surface area contributed by atoms with Gasteiger partial charge in [-0.25, -0.2) is 8.42 Å². The van der Waals surface area contributed by atoms with Crippen molar-refractivity contribution in [2.24, 2.45) is 0 Å². The fourth-order valence-electron chi connectivity index (χ4n) is 3.08. The van der Waals surface area contributed by atoms with E-state index in [0.717, 1.165) is 17.7 Å². The fourth-order valence-corrected chi connectivity index (χ4v) is 4.77. The molecule has 1 unspecified atom stereocenters. The second kappa shape index (κ2) is 6.25. The molecule has 3 nitrogen and oxygen atoms in total. The van der Waals surface area contributed by atoms with Crippen LogP contribution in [0.1, 0.15) is 29.7 Å². The van der Waals surface area contributed by atoms with Crippen LogP contribution >= 0.6 is 12.6 Å². The van der Waals surface area contributed by atoms with E-state index in [-0.39, 0.29) is 10.6 Å². The molecule has 3 rings (SSSR count). The summed E-state index contributed by atoms with van der Waals surface area (Å²) in [6.07, 6.45) is -4.07. The van der Waals surface area contributed by atoms with E-state index >= 15 is 0 Å². The van der Waals surface area contributed by atoms with Gasteiger partial charge in [-0.1, -0.05) is 24.3 Å². The van der Waals surface area contributed by atoms with Gasteiger partial charge in [0, 0.05) is 11.3 Å². The van der Waals surface area contributed by atoms with E-state index in [2.05, 4.69) is 12.6 Å². The van der Waals surface area contributed by atoms with E-state index < -0.39 is 27.8 Å². The third-order valence-corrected chi connectivity index (χ3v) is 6.47. The molecule has 1 aliphatic rings. The van der Waals surface area contributed by atoms with Crippen molar-refractivity contribution in [3.05, 3.63) is 59.2 Å². The minimum absolute atomic E-state index is 0.0969. The van der Waals surface area contributed by atoms with Crippen LogP contribution in [-0.2, 0) is 22.6 Å². The van der Waals surface area contributed by atoms with Crippen molar-refractivity contribution in [3.8, 4) is 0 Å². The summed E-state index contributed by atoms with van der Waals surface area (Å²) >= 11 is 4.20. The summed E-state index contributed by atoms with van der Waals surface area (Å²) in [4.78, 5) is 0.129. The Kier molecular flexibility index (Phi) is 4.53. The summed E-state index contributed by atoms with van der Waals surface area (Å²) in [5.41, 5.74) is 1.07. The summed E-state index contributed by atoms with van der Waals surface area (Å²) in [5.74, 6) is -0.0969. The molecule has 1 atom stereocenters. The van der Waals surface area contributed by atoms with Crippen molar-refractivity contribution in [1.29, 1.82) is 0 Å². The van der Waals surface area contributed by atoms with E-state index in [0.29, 0.717) is 17.7 Å². The minimum Gasteiger partial charge on any atom is -0.262 e. The highest BCUT2D eigenvalue weighted by Gasteiger charge is 2.39. The van der Waals surface area contributed by atoms with Crippen molar-refractivity contribution in [2.45, 2.75) is 30.5 Å². The number of sulfonamides is 1. The largest absolute Gasteiger partial charge is 0.416 e. The smallest absolute Gasteiger partial charge is 0.262 e. The Morgan fingerprint density at radius 3 is 2.48 bits per heavy atom. The van der Waals surface area contributed by atoms with Gasteiger partial charge in [-0.3, -0.25) is 4.31 Å². The van der Waals surface area contributed by atoms with Crippen LogP contribution in [0.4, 0.5) is 18.9 Å². The van der Waals surface area contributed by atoms with Gasteiger partial charge in [0.25, 0.3) is 0 Å². The number of benzene rings is 2. The van der Waals surface area contributed by atoms with Gasteiger partial charge < -0.3 is 0 Å². The van der Waals surface area contributed by atoms with Crippen LogP contribution in [0.25, 0.3) is 0 Å². The molecule has 2 aromatic carbocycles. The quantitative estimate of drug-likeness (QED) is 0.791. The van der Waals surface area contributed by atoms with Gasteiger partial charge in [0.2, 0.25) is 10.0 Å². The van der Waals surface area contributed by atoms with Gasteiger partial charge in [0.15, 0.2) is 0 Å². The zero-order chi connectivity index (χ0) is 18.4. The number of nitrogens with zero attached hydrogens (tertiary/aromatic N) is 1. The number of fused-ring (bicyclic) bond motifs is 1. The van der Waals surface area contributed by atoms with Crippen LogP contribution in [0.2, 0.25) is 0 Å². The third-order valence-electron chi connectivity index (χ3n) is 4.31. The number of rotatable bonds is 3. The first-order valence-electron chi connectivity index (χ1n) is 7.65. The average Bonchev–Trinajstić information content (AvgIpc) is 2.93. The zero-order valence-corrected chi connectivity index (χ0v) is 15.0. The second-order valence-corrected chi connectivity index (χ2v) is 8.43. The SMILES string of the molecule is CCS(=O)(=O)N1c2ccccc2CC1c1ccc(C(F)(F)F)cc1S. The summed E-state index contributed by atoms with van der Waals surface area (Å²) in [7, 11) is -3.59. The standard InChI is InChI=1S/C17H16F3NO2S2/c1-2-25(22,23)21-14-6-4-3-5-11(14)9-15(21)13-8-7-12(10-16(13)24)17(18,19)20/h3-8,10,15,24H,2,9H2,1H3. The van der Waals surface area contributed by atoms with Crippen molar-refractivity contribution >= 4 is 28.3 Å². The molecule has 0 fully saturated rings. The van der Waals surface area contributed by atoms with E-state index in [1.807, 2.05) is 12.1 Å². The first kappa shape index (κ1) is 18.1. The molecule has 25 heavy (non-hydrogen) atoms. The molecule has 0 amide bonds. The lowest BCUT2D eigenvalue weighted by Gasteiger charge is -2.28. The predicted octanol–water partition coefficient (Wildman–Crippen LogP) is 4.45. The van der Waals surface area contributed by atoms with Crippen molar-refractivity contribution in [3.63, 3.8) is 0 Å². The van der Waals surface area contributed by atoms with E-state index in [4.69, 9.17) is 0 Å². The molecule has 134 valence electrons. The maximum Gasteiger partial charge on any atom is 0.416 e. The normalized spacial score (nSPS) is 17.6. The number of hydrogen-bond donors (Lipinski definition) is 1. The number of alkyl halides is 3. The molecule has 8 heteroatoms. The molecule has 0 radical (unpaired) electrons. The third kappa shape index (κ3) is 3.25. The number of halogens is 3. The molecular formula is C17H16F3NO2S2. The highest BCUT2D eigenvalue weighted by Crippen LogP contribution is 2.44. The summed E-state index contributed by atoms with van der Waals surface area (Å²) in [5, 5.41) is 0. The van der Waals surface area contributed by atoms with Gasteiger partial charge in [0.05, 0.1) is 23.0 Å². The van der Waals surface area contributed by atoms with Crippen LogP contribution in [0.15, 0.2) is 47.4 Å². The molecule has 0 aromatic heterocycles. The molecule has 0 saturated carbocycles. The van der Waals surface area contributed by atoms with Crippen molar-refractivity contribution in [2.75, 3.05) is 10.1 Å². The topological polar surface area (TPSA) is 37.4 Å². The molecule has 1 heterocycles. The lowest BCUT2D eigenvalue weighted by molar-refractivity contribution is -0.137. The van der Waals surface area contributed by atoms with Gasteiger partial charge in [-0.15, -0.1) is 12.6 Å². The van der Waals surface area contributed by atoms with E-state index in [9.17, 15) is 21.6 Å². The fraction of sp³-hybridized carbons (Fsp3) is 0.294. The molecule has 0 N–H and O–H groups in total. The summed E-state index contributed by atoms with van der Waals surface area (Å²) in [6, 6.07) is 9.73. The Hall–Kier alpha value is -1.67. The van der Waals surface area contributed by atoms with Crippen LogP contribution in [-0.4, -0.2) is 14.2 Å². The molecular weight excluding hydrogens is 371 g/mol. The lowest BCUT2D eigenvalue weighted by Crippen LogP contribution is -2.33. The molecule has 0 aliphatic carbocycles. The molecule has 0 spiro atoms. The number of para-hydroxylation sites is 1. The van der Waals surface area contributed by atoms with Crippen LogP contribution in [0.3, 0.4) is 0 Å². The van der Waals surface area contributed by atoms with Crippen molar-refractivity contribution < 1.29 is 21.6 Å². The summed E-state index contributed by atoms with van der Waals surface area (Å²) in [6.45, 7) is 1.54. The van der Waals surface area contributed by atoms with E-state index in [1.165, 1.54) is 10.4 Å². The zero-order valence-electron chi connectivity index (χ0n) is 13.3. The first-order chi connectivity index (χ1) is 11.6. The van der Waals surface area contributed by atoms with Crippen LogP contribution < -0.4 is 4.31 Å². The number of anilines is 1. The Balaban J connectivity index is 2.11. The molecule has 2 aromatic rings. The molecule has 0 saturated heterocycles. The monoisotopic (exact) mass is 387 g/mol. The predicted molar refractivity (Wildman–Crippen MR) is 93.5 cm³/mol. The summed E-state index contributed by atoms with van der Waals surface area (Å²) < 4.78 is 65.1. The van der Waals surface area contributed by atoms with Gasteiger partial charge in [0.1, 0.15) is 0 Å². The van der Waals surface area contributed by atoms with E-state index in [1.54, 1.807) is 19.1 Å². The van der Waals surface area contributed by atoms with Gasteiger partial charge >= 0.3 is 6.18 Å². The first-order valence-corrected chi connectivity index (χ1v) is 9.71. The minimum atomic E-state index is -4.47. The average molecular weight is 387 g/mol. The highest BCUT2D eigenvalue weighted by molar-refractivity contribution is 7.92. The Morgan fingerprint density at radius 2 is 1.88 bits per heavy atom. The highest BCUT2D eigenvalue weighted by atomic mass is 32.2.